The number of carboxylic acids is 1. The monoisotopic (exact) mass is 388 g/mol. The molecule has 27 heavy (non-hydrogen) atoms. The number of hydrogen-bond acceptors (Lipinski definition) is 5. The zero-order valence-corrected chi connectivity index (χ0v) is 15.4. The summed E-state index contributed by atoms with van der Waals surface area (Å²) in [7, 11) is 1.44. The van der Waals surface area contributed by atoms with Crippen molar-refractivity contribution in [2.24, 2.45) is 0 Å². The van der Waals surface area contributed by atoms with Gasteiger partial charge in [0.25, 0.3) is 5.91 Å². The molecule has 0 spiro atoms. The number of ether oxygens (including phenoxy) is 1. The van der Waals surface area contributed by atoms with Gasteiger partial charge in [0.1, 0.15) is 11.8 Å². The number of nitrogens with one attached hydrogen (secondary N) is 1. The average molecular weight is 389 g/mol. The second kappa shape index (κ2) is 7.28. The number of aryl methyl sites for hydroxylation is 1. The lowest BCUT2D eigenvalue weighted by atomic mass is 10.1. The Morgan fingerprint density at radius 3 is 2.52 bits per heavy atom. The van der Waals surface area contributed by atoms with Gasteiger partial charge < -0.3 is 15.2 Å². The molecule has 1 fully saturated rings. The molecule has 140 valence electrons. The summed E-state index contributed by atoms with van der Waals surface area (Å²) in [6.07, 6.45) is -0.0235. The van der Waals surface area contributed by atoms with Crippen LogP contribution >= 0.6 is 11.6 Å². The molecule has 0 aromatic heterocycles. The van der Waals surface area contributed by atoms with Crippen LogP contribution in [-0.4, -0.2) is 36.0 Å². The van der Waals surface area contributed by atoms with Crippen LogP contribution in [0.25, 0.3) is 0 Å². The van der Waals surface area contributed by atoms with Crippen LogP contribution in [-0.2, 0) is 9.59 Å². The molecular weight excluding hydrogens is 372 g/mol. The smallest absolute Gasteiger partial charge is 0.335 e. The number of methoxy groups -OCH3 is 1. The van der Waals surface area contributed by atoms with E-state index in [0.29, 0.717) is 27.7 Å². The van der Waals surface area contributed by atoms with E-state index in [1.807, 2.05) is 0 Å². The van der Waals surface area contributed by atoms with Gasteiger partial charge in [-0.1, -0.05) is 11.6 Å². The molecule has 3 rings (SSSR count). The van der Waals surface area contributed by atoms with Crippen LogP contribution in [0.1, 0.15) is 22.3 Å². The van der Waals surface area contributed by atoms with Gasteiger partial charge in [-0.05, 0) is 42.8 Å². The molecule has 7 nitrogen and oxygen atoms in total. The van der Waals surface area contributed by atoms with Crippen LogP contribution in [0.15, 0.2) is 36.4 Å². The number of aromatic carboxylic acids is 1. The molecule has 2 amide bonds. The third kappa shape index (κ3) is 3.59. The first-order valence-corrected chi connectivity index (χ1v) is 8.50. The van der Waals surface area contributed by atoms with Crippen molar-refractivity contribution >= 4 is 40.8 Å². The van der Waals surface area contributed by atoms with Crippen molar-refractivity contribution in [1.82, 2.24) is 0 Å². The highest BCUT2D eigenvalue weighted by Gasteiger charge is 2.41. The van der Waals surface area contributed by atoms with Crippen LogP contribution in [0, 0.1) is 6.92 Å². The maximum absolute atomic E-state index is 12.8. The van der Waals surface area contributed by atoms with E-state index < -0.39 is 17.9 Å². The maximum Gasteiger partial charge on any atom is 0.335 e. The Bertz CT molecular complexity index is 926. The summed E-state index contributed by atoms with van der Waals surface area (Å²) >= 11 is 6.09. The first-order chi connectivity index (χ1) is 12.8. The highest BCUT2D eigenvalue weighted by molar-refractivity contribution is 6.32. The van der Waals surface area contributed by atoms with Crippen molar-refractivity contribution in [3.05, 3.63) is 52.5 Å². The molecule has 1 heterocycles. The SMILES string of the molecule is COc1cc(Cl)c(C)cc1N1C(=O)C[C@@H](Nc2ccc(C(=O)O)cc2)C1=O. The molecule has 0 aliphatic carbocycles. The Morgan fingerprint density at radius 2 is 1.93 bits per heavy atom. The lowest BCUT2D eigenvalue weighted by molar-refractivity contribution is -0.121. The minimum Gasteiger partial charge on any atom is -0.495 e. The van der Waals surface area contributed by atoms with Crippen LogP contribution in [0.3, 0.4) is 0 Å². The summed E-state index contributed by atoms with van der Waals surface area (Å²) < 4.78 is 5.27. The van der Waals surface area contributed by atoms with Crippen LogP contribution in [0.5, 0.6) is 5.75 Å². The number of benzene rings is 2. The highest BCUT2D eigenvalue weighted by Crippen LogP contribution is 2.36. The summed E-state index contributed by atoms with van der Waals surface area (Å²) in [5, 5.41) is 12.4. The van der Waals surface area contributed by atoms with Gasteiger partial charge in [0.05, 0.1) is 24.8 Å². The first-order valence-electron chi connectivity index (χ1n) is 8.12. The minimum absolute atomic E-state index is 0.0235. The van der Waals surface area contributed by atoms with Gasteiger partial charge in [-0.3, -0.25) is 9.59 Å². The highest BCUT2D eigenvalue weighted by atomic mass is 35.5. The Morgan fingerprint density at radius 1 is 1.26 bits per heavy atom. The van der Waals surface area contributed by atoms with Crippen LogP contribution in [0.2, 0.25) is 5.02 Å². The van der Waals surface area contributed by atoms with Gasteiger partial charge in [-0.25, -0.2) is 9.69 Å². The summed E-state index contributed by atoms with van der Waals surface area (Å²) in [6, 6.07) is 8.41. The fourth-order valence-corrected chi connectivity index (χ4v) is 3.05. The summed E-state index contributed by atoms with van der Waals surface area (Å²) in [4.78, 5) is 37.3. The number of nitrogens with zero attached hydrogens (tertiary/aromatic N) is 1. The molecule has 1 aliphatic heterocycles. The van der Waals surface area contributed by atoms with Gasteiger partial charge in [0.15, 0.2) is 0 Å². The molecule has 0 unspecified atom stereocenters. The van der Waals surface area contributed by atoms with E-state index >= 15 is 0 Å². The van der Waals surface area contributed by atoms with Gasteiger partial charge in [0.2, 0.25) is 5.91 Å². The molecule has 0 bridgehead atoms. The Hall–Kier alpha value is -3.06. The minimum atomic E-state index is -1.04. The zero-order valence-electron chi connectivity index (χ0n) is 14.7. The Balaban J connectivity index is 1.85. The number of amides is 2. The number of carbonyl (C=O) groups excluding carboxylic acids is 2. The lowest BCUT2D eigenvalue weighted by Gasteiger charge is -2.19. The Kier molecular flexibility index (Phi) is 5.05. The molecule has 1 aliphatic rings. The van der Waals surface area contributed by atoms with Crippen LogP contribution in [0.4, 0.5) is 11.4 Å². The van der Waals surface area contributed by atoms with E-state index in [2.05, 4.69) is 5.32 Å². The number of hydrogen-bond donors (Lipinski definition) is 2. The van der Waals surface area contributed by atoms with Crippen molar-refractivity contribution in [3.8, 4) is 5.75 Å². The number of anilines is 2. The molecule has 2 N–H and O–H groups in total. The van der Waals surface area contributed by atoms with Crippen molar-refractivity contribution in [2.45, 2.75) is 19.4 Å². The second-order valence-corrected chi connectivity index (χ2v) is 6.53. The van der Waals surface area contributed by atoms with Gasteiger partial charge in [0, 0.05) is 16.8 Å². The maximum atomic E-state index is 12.8. The topological polar surface area (TPSA) is 95.9 Å². The standard InChI is InChI=1S/C19H17ClN2O5/c1-10-7-15(16(27-2)8-13(10)20)22-17(23)9-14(18(22)24)21-12-5-3-11(4-6-12)19(25)26/h3-8,14,21H,9H2,1-2H3,(H,25,26)/t14-/m1/s1. The van der Waals surface area contributed by atoms with E-state index in [0.717, 1.165) is 4.90 Å². The van der Waals surface area contributed by atoms with Gasteiger partial charge >= 0.3 is 5.97 Å². The largest absolute Gasteiger partial charge is 0.495 e. The Labute approximate surface area is 160 Å². The molecule has 0 saturated carbocycles. The van der Waals surface area contributed by atoms with E-state index in [1.54, 1.807) is 31.2 Å². The lowest BCUT2D eigenvalue weighted by Crippen LogP contribution is -2.35. The third-order valence-corrected chi connectivity index (χ3v) is 4.73. The number of carboxylic acid groups (broad SMARTS) is 1. The summed E-state index contributed by atoms with van der Waals surface area (Å²) in [6.45, 7) is 1.77. The number of rotatable bonds is 5. The molecule has 0 radical (unpaired) electrons. The average Bonchev–Trinajstić information content (AvgIpc) is 2.91. The fraction of sp³-hybridized carbons (Fsp3) is 0.211. The van der Waals surface area contributed by atoms with E-state index in [-0.39, 0.29) is 17.9 Å². The van der Waals surface area contributed by atoms with Crippen molar-refractivity contribution in [1.29, 1.82) is 0 Å². The van der Waals surface area contributed by atoms with Crippen molar-refractivity contribution < 1.29 is 24.2 Å². The van der Waals surface area contributed by atoms with Gasteiger partial charge in [-0.2, -0.15) is 0 Å². The molecule has 1 atom stereocenters. The van der Waals surface area contributed by atoms with E-state index in [9.17, 15) is 14.4 Å². The molecule has 2 aromatic rings. The normalized spacial score (nSPS) is 16.6. The van der Waals surface area contributed by atoms with E-state index in [1.165, 1.54) is 19.2 Å². The van der Waals surface area contributed by atoms with E-state index in [4.69, 9.17) is 21.4 Å². The zero-order chi connectivity index (χ0) is 19.7. The number of halogens is 1. The molecule has 2 aromatic carbocycles. The van der Waals surface area contributed by atoms with Crippen LogP contribution < -0.4 is 15.0 Å². The third-order valence-electron chi connectivity index (χ3n) is 4.32. The molecule has 8 heteroatoms. The quantitative estimate of drug-likeness (QED) is 0.764. The predicted molar refractivity (Wildman–Crippen MR) is 101 cm³/mol. The molecule has 1 saturated heterocycles. The summed E-state index contributed by atoms with van der Waals surface area (Å²) in [5.74, 6) is -1.48. The fourth-order valence-electron chi connectivity index (χ4n) is 2.89. The van der Waals surface area contributed by atoms with Gasteiger partial charge in [-0.15, -0.1) is 0 Å². The van der Waals surface area contributed by atoms with Crippen molar-refractivity contribution in [2.75, 3.05) is 17.3 Å². The second-order valence-electron chi connectivity index (χ2n) is 6.12. The number of imide groups is 1. The predicted octanol–water partition coefficient (Wildman–Crippen LogP) is 3.10. The summed E-state index contributed by atoms with van der Waals surface area (Å²) in [5.41, 5.74) is 1.75. The van der Waals surface area contributed by atoms with Crippen molar-refractivity contribution in [3.63, 3.8) is 0 Å². The first kappa shape index (κ1) is 18.7. The molecular formula is C19H17ClN2O5. The number of carbonyl (C=O) groups is 3.